The lowest BCUT2D eigenvalue weighted by molar-refractivity contribution is -0.137. The Morgan fingerprint density at radius 2 is 1.86 bits per heavy atom. The maximum absolute atomic E-state index is 12.4. The fourth-order valence-corrected chi connectivity index (χ4v) is 3.34. The number of hydrogen-bond acceptors (Lipinski definition) is 2. The average Bonchev–Trinajstić information content (AvgIpc) is 3.18. The first-order valence-electron chi connectivity index (χ1n) is 8.77. The zero-order chi connectivity index (χ0) is 15.6. The molecule has 21 heavy (non-hydrogen) atoms. The van der Waals surface area contributed by atoms with Crippen LogP contribution in [0.3, 0.4) is 0 Å². The molecule has 0 aromatic rings. The fraction of sp³-hybridized carbons (Fsp3) is 0.944. The zero-order valence-corrected chi connectivity index (χ0v) is 14.6. The van der Waals surface area contributed by atoms with Crippen molar-refractivity contribution in [2.75, 3.05) is 19.6 Å². The Balaban J connectivity index is 1.93. The molecule has 1 heterocycles. The van der Waals surface area contributed by atoms with Gasteiger partial charge in [-0.05, 0) is 30.1 Å². The second-order valence-corrected chi connectivity index (χ2v) is 8.82. The van der Waals surface area contributed by atoms with Gasteiger partial charge in [0.15, 0.2) is 0 Å². The molecule has 2 fully saturated rings. The monoisotopic (exact) mass is 294 g/mol. The van der Waals surface area contributed by atoms with Crippen LogP contribution in [0.5, 0.6) is 0 Å². The van der Waals surface area contributed by atoms with Gasteiger partial charge in [-0.15, -0.1) is 0 Å². The summed E-state index contributed by atoms with van der Waals surface area (Å²) in [4.78, 5) is 14.5. The highest BCUT2D eigenvalue weighted by atomic mass is 16.2. The standard InChI is InChI=1S/C18H34N2O/c1-13(2)17(21)20-10-15(8-14-6-7-14)9-16(11-20)19-12-18(3,4)5/h13-16,19H,6-12H2,1-5H3. The van der Waals surface area contributed by atoms with Gasteiger partial charge in [0.05, 0.1) is 0 Å². The van der Waals surface area contributed by atoms with E-state index in [1.165, 1.54) is 25.7 Å². The topological polar surface area (TPSA) is 32.3 Å². The van der Waals surface area contributed by atoms with Gasteiger partial charge in [-0.25, -0.2) is 0 Å². The van der Waals surface area contributed by atoms with Crippen molar-refractivity contribution >= 4 is 5.91 Å². The number of amides is 1. The van der Waals surface area contributed by atoms with Gasteiger partial charge in [-0.3, -0.25) is 4.79 Å². The second kappa shape index (κ2) is 6.68. The molecule has 1 aliphatic carbocycles. The van der Waals surface area contributed by atoms with Crippen LogP contribution in [0.15, 0.2) is 0 Å². The Morgan fingerprint density at radius 1 is 1.19 bits per heavy atom. The number of piperidine rings is 1. The summed E-state index contributed by atoms with van der Waals surface area (Å²) in [5.41, 5.74) is 0.302. The maximum Gasteiger partial charge on any atom is 0.225 e. The number of rotatable bonds is 5. The zero-order valence-electron chi connectivity index (χ0n) is 14.6. The molecule has 1 aliphatic heterocycles. The van der Waals surface area contributed by atoms with Crippen LogP contribution in [0.25, 0.3) is 0 Å². The molecule has 2 aliphatic rings. The summed E-state index contributed by atoms with van der Waals surface area (Å²) >= 11 is 0. The highest BCUT2D eigenvalue weighted by molar-refractivity contribution is 5.78. The molecule has 2 rings (SSSR count). The lowest BCUT2D eigenvalue weighted by Gasteiger charge is -2.40. The first kappa shape index (κ1) is 16.8. The molecule has 0 spiro atoms. The Bertz CT molecular complexity index is 355. The molecule has 0 aromatic carbocycles. The first-order chi connectivity index (χ1) is 9.74. The molecule has 1 saturated carbocycles. The van der Waals surface area contributed by atoms with Gasteiger partial charge in [0.25, 0.3) is 0 Å². The normalized spacial score (nSPS) is 27.2. The summed E-state index contributed by atoms with van der Waals surface area (Å²) in [5.74, 6) is 2.10. The summed E-state index contributed by atoms with van der Waals surface area (Å²) in [6.45, 7) is 13.7. The van der Waals surface area contributed by atoms with Crippen molar-refractivity contribution in [2.45, 2.75) is 66.3 Å². The Kier molecular flexibility index (Phi) is 5.34. The summed E-state index contributed by atoms with van der Waals surface area (Å²) in [5, 5.41) is 3.72. The van der Waals surface area contributed by atoms with Gasteiger partial charge in [0.1, 0.15) is 0 Å². The van der Waals surface area contributed by atoms with E-state index in [1.54, 1.807) is 0 Å². The molecule has 122 valence electrons. The molecule has 1 saturated heterocycles. The molecular formula is C18H34N2O. The number of nitrogens with zero attached hydrogens (tertiary/aromatic N) is 1. The van der Waals surface area contributed by atoms with Crippen molar-refractivity contribution < 1.29 is 4.79 Å². The third-order valence-electron chi connectivity index (χ3n) is 4.63. The fourth-order valence-electron chi connectivity index (χ4n) is 3.34. The van der Waals surface area contributed by atoms with Crippen molar-refractivity contribution in [3.05, 3.63) is 0 Å². The van der Waals surface area contributed by atoms with Crippen LogP contribution in [0.1, 0.15) is 60.3 Å². The van der Waals surface area contributed by atoms with E-state index in [-0.39, 0.29) is 5.92 Å². The van der Waals surface area contributed by atoms with Crippen molar-refractivity contribution in [1.82, 2.24) is 10.2 Å². The van der Waals surface area contributed by atoms with E-state index in [4.69, 9.17) is 0 Å². The van der Waals surface area contributed by atoms with E-state index in [2.05, 4.69) is 31.0 Å². The van der Waals surface area contributed by atoms with Gasteiger partial charge in [-0.2, -0.15) is 0 Å². The van der Waals surface area contributed by atoms with Crippen LogP contribution in [-0.4, -0.2) is 36.5 Å². The predicted octanol–water partition coefficient (Wildman–Crippen LogP) is 3.30. The van der Waals surface area contributed by atoms with Gasteiger partial charge in [0.2, 0.25) is 5.91 Å². The van der Waals surface area contributed by atoms with Crippen LogP contribution >= 0.6 is 0 Å². The van der Waals surface area contributed by atoms with E-state index >= 15 is 0 Å². The number of carbonyl (C=O) groups excluding carboxylic acids is 1. The molecule has 1 N–H and O–H groups in total. The maximum atomic E-state index is 12.4. The van der Waals surface area contributed by atoms with Crippen LogP contribution < -0.4 is 5.32 Å². The summed E-state index contributed by atoms with van der Waals surface area (Å²) < 4.78 is 0. The van der Waals surface area contributed by atoms with Gasteiger partial charge in [-0.1, -0.05) is 47.5 Å². The second-order valence-electron chi connectivity index (χ2n) is 8.82. The Morgan fingerprint density at radius 3 is 2.38 bits per heavy atom. The van der Waals surface area contributed by atoms with Crippen LogP contribution in [0, 0.1) is 23.2 Å². The number of likely N-dealkylation sites (tertiary alicyclic amines) is 1. The van der Waals surface area contributed by atoms with E-state index in [9.17, 15) is 4.79 Å². The predicted molar refractivity (Wildman–Crippen MR) is 88.1 cm³/mol. The molecule has 0 aromatic heterocycles. The first-order valence-corrected chi connectivity index (χ1v) is 8.77. The van der Waals surface area contributed by atoms with Crippen LogP contribution in [0.4, 0.5) is 0 Å². The number of nitrogens with one attached hydrogen (secondary N) is 1. The summed E-state index contributed by atoms with van der Waals surface area (Å²) in [6, 6.07) is 0.476. The SMILES string of the molecule is CC(C)C(=O)N1CC(CC2CC2)CC(NCC(C)(C)C)C1. The molecule has 1 amide bonds. The Labute approximate surface area is 130 Å². The largest absolute Gasteiger partial charge is 0.341 e. The van der Waals surface area contributed by atoms with Crippen molar-refractivity contribution in [2.24, 2.45) is 23.2 Å². The molecule has 3 heteroatoms. The minimum Gasteiger partial charge on any atom is -0.341 e. The third-order valence-corrected chi connectivity index (χ3v) is 4.63. The van der Waals surface area contributed by atoms with Crippen LogP contribution in [0.2, 0.25) is 0 Å². The summed E-state index contributed by atoms with van der Waals surface area (Å²) in [6.07, 6.45) is 5.40. The highest BCUT2D eigenvalue weighted by Gasteiger charge is 2.34. The van der Waals surface area contributed by atoms with Gasteiger partial charge >= 0.3 is 0 Å². The van der Waals surface area contributed by atoms with Gasteiger partial charge < -0.3 is 10.2 Å². The highest BCUT2D eigenvalue weighted by Crippen LogP contribution is 2.38. The average molecular weight is 294 g/mol. The number of hydrogen-bond donors (Lipinski definition) is 1. The Hall–Kier alpha value is -0.570. The molecule has 2 atom stereocenters. The van der Waals surface area contributed by atoms with Crippen molar-refractivity contribution in [1.29, 1.82) is 0 Å². The van der Waals surface area contributed by atoms with E-state index in [0.717, 1.165) is 25.6 Å². The van der Waals surface area contributed by atoms with Crippen molar-refractivity contribution in [3.8, 4) is 0 Å². The smallest absolute Gasteiger partial charge is 0.225 e. The lowest BCUT2D eigenvalue weighted by atomic mass is 9.88. The molecule has 0 radical (unpaired) electrons. The van der Waals surface area contributed by atoms with E-state index in [1.807, 2.05) is 13.8 Å². The third kappa shape index (κ3) is 5.61. The molecule has 0 bridgehead atoms. The minimum absolute atomic E-state index is 0.118. The molecular weight excluding hydrogens is 260 g/mol. The van der Waals surface area contributed by atoms with Crippen molar-refractivity contribution in [3.63, 3.8) is 0 Å². The molecule has 3 nitrogen and oxygen atoms in total. The lowest BCUT2D eigenvalue weighted by Crippen LogP contribution is -2.53. The minimum atomic E-state index is 0.118. The number of carbonyl (C=O) groups is 1. The van der Waals surface area contributed by atoms with E-state index in [0.29, 0.717) is 23.3 Å². The van der Waals surface area contributed by atoms with Crippen LogP contribution in [-0.2, 0) is 4.79 Å². The quantitative estimate of drug-likeness (QED) is 0.844. The molecule has 2 unspecified atom stereocenters. The van der Waals surface area contributed by atoms with Gasteiger partial charge in [0, 0.05) is 31.6 Å². The summed E-state index contributed by atoms with van der Waals surface area (Å²) in [7, 11) is 0. The van der Waals surface area contributed by atoms with E-state index < -0.39 is 0 Å².